The van der Waals surface area contributed by atoms with Gasteiger partial charge in [0.15, 0.2) is 11.5 Å². The third-order valence-corrected chi connectivity index (χ3v) is 4.55. The number of nitrogens with one attached hydrogen (secondary N) is 1. The molecule has 26 heavy (non-hydrogen) atoms. The molecule has 0 bridgehead atoms. The fourth-order valence-electron chi connectivity index (χ4n) is 3.14. The van der Waals surface area contributed by atoms with Crippen LogP contribution in [0.15, 0.2) is 48.5 Å². The fourth-order valence-corrected chi connectivity index (χ4v) is 3.14. The van der Waals surface area contributed by atoms with E-state index >= 15 is 0 Å². The topological polar surface area (TPSA) is 33.7 Å². The standard InChI is InChI=1S/C20H25FN2O2.ClH/c1-24-20-13-17(18(14-21)23-11-9-22-10-12-23)7-8-19(20)25-15-16-5-3-2-4-6-16;/h2-8,13,18,22H,9-12,14-15H2,1H3;1H/t18-;/m1./s1. The molecule has 0 aromatic heterocycles. The molecule has 3 rings (SSSR count). The van der Waals surface area contributed by atoms with Gasteiger partial charge in [-0.15, -0.1) is 12.4 Å². The number of hydrogen-bond donors (Lipinski definition) is 1. The second-order valence-electron chi connectivity index (χ2n) is 6.14. The Morgan fingerprint density at radius 1 is 1.08 bits per heavy atom. The SMILES string of the molecule is COc1cc([C@@H](CF)N2CCNCC2)ccc1OCc1ccccc1.Cl. The number of rotatable bonds is 7. The summed E-state index contributed by atoms with van der Waals surface area (Å²) < 4.78 is 25.1. The molecule has 6 heteroatoms. The summed E-state index contributed by atoms with van der Waals surface area (Å²) in [6, 6.07) is 15.5. The molecule has 0 unspecified atom stereocenters. The lowest BCUT2D eigenvalue weighted by atomic mass is 10.0. The molecule has 142 valence electrons. The third-order valence-electron chi connectivity index (χ3n) is 4.55. The summed E-state index contributed by atoms with van der Waals surface area (Å²) in [5.74, 6) is 1.31. The molecule has 1 N–H and O–H groups in total. The normalized spacial score (nSPS) is 15.8. The molecule has 1 aliphatic rings. The zero-order valence-electron chi connectivity index (χ0n) is 15.0. The predicted molar refractivity (Wildman–Crippen MR) is 104 cm³/mol. The minimum Gasteiger partial charge on any atom is -0.493 e. The quantitative estimate of drug-likeness (QED) is 0.795. The van der Waals surface area contributed by atoms with Crippen molar-refractivity contribution in [3.63, 3.8) is 0 Å². The number of benzene rings is 2. The lowest BCUT2D eigenvalue weighted by Crippen LogP contribution is -2.45. The van der Waals surface area contributed by atoms with Crippen LogP contribution in [0.5, 0.6) is 11.5 Å². The van der Waals surface area contributed by atoms with E-state index in [0.717, 1.165) is 37.3 Å². The number of halogens is 2. The van der Waals surface area contributed by atoms with Gasteiger partial charge in [-0.05, 0) is 23.3 Å². The molecule has 0 aliphatic carbocycles. The van der Waals surface area contributed by atoms with E-state index in [1.54, 1.807) is 7.11 Å². The summed E-state index contributed by atoms with van der Waals surface area (Å²) in [4.78, 5) is 2.18. The van der Waals surface area contributed by atoms with Crippen molar-refractivity contribution >= 4 is 12.4 Å². The summed E-state index contributed by atoms with van der Waals surface area (Å²) in [5, 5.41) is 3.30. The van der Waals surface area contributed by atoms with Crippen molar-refractivity contribution in [1.29, 1.82) is 0 Å². The Morgan fingerprint density at radius 3 is 2.46 bits per heavy atom. The second-order valence-corrected chi connectivity index (χ2v) is 6.14. The van der Waals surface area contributed by atoms with Gasteiger partial charge in [0, 0.05) is 26.2 Å². The van der Waals surface area contributed by atoms with Gasteiger partial charge >= 0.3 is 0 Å². The van der Waals surface area contributed by atoms with Crippen LogP contribution in [0.4, 0.5) is 4.39 Å². The van der Waals surface area contributed by atoms with Crippen LogP contribution in [0.25, 0.3) is 0 Å². The first-order chi connectivity index (χ1) is 12.3. The third kappa shape index (κ3) is 5.10. The van der Waals surface area contributed by atoms with Crippen molar-refractivity contribution in [2.45, 2.75) is 12.6 Å². The summed E-state index contributed by atoms with van der Waals surface area (Å²) in [7, 11) is 1.61. The van der Waals surface area contributed by atoms with Crippen LogP contribution < -0.4 is 14.8 Å². The van der Waals surface area contributed by atoms with Crippen molar-refractivity contribution in [1.82, 2.24) is 10.2 Å². The van der Waals surface area contributed by atoms with Crippen molar-refractivity contribution in [3.05, 3.63) is 59.7 Å². The molecule has 1 aliphatic heterocycles. The Morgan fingerprint density at radius 2 is 1.81 bits per heavy atom. The zero-order chi connectivity index (χ0) is 17.5. The predicted octanol–water partition coefficient (Wildman–Crippen LogP) is 3.61. The van der Waals surface area contributed by atoms with Gasteiger partial charge in [-0.1, -0.05) is 36.4 Å². The van der Waals surface area contributed by atoms with E-state index in [-0.39, 0.29) is 18.4 Å². The summed E-state index contributed by atoms with van der Waals surface area (Å²) in [6.07, 6.45) is 0. The average Bonchev–Trinajstić information content (AvgIpc) is 2.69. The molecule has 2 aromatic rings. The van der Waals surface area contributed by atoms with Gasteiger partial charge in [0.05, 0.1) is 13.2 Å². The van der Waals surface area contributed by atoms with E-state index in [0.29, 0.717) is 18.1 Å². The van der Waals surface area contributed by atoms with Crippen molar-refractivity contribution in [3.8, 4) is 11.5 Å². The highest BCUT2D eigenvalue weighted by atomic mass is 35.5. The van der Waals surface area contributed by atoms with E-state index < -0.39 is 6.67 Å². The van der Waals surface area contributed by atoms with Crippen LogP contribution in [0.3, 0.4) is 0 Å². The molecular formula is C20H26ClFN2O2. The lowest BCUT2D eigenvalue weighted by Gasteiger charge is -2.33. The molecule has 1 saturated heterocycles. The van der Waals surface area contributed by atoms with Gasteiger partial charge in [-0.25, -0.2) is 4.39 Å². The number of piperazine rings is 1. The largest absolute Gasteiger partial charge is 0.493 e. The Labute approximate surface area is 160 Å². The van der Waals surface area contributed by atoms with Crippen molar-refractivity contribution < 1.29 is 13.9 Å². The molecule has 0 spiro atoms. The Kier molecular flexibility index (Phi) is 8.16. The maximum Gasteiger partial charge on any atom is 0.161 e. The highest BCUT2D eigenvalue weighted by molar-refractivity contribution is 5.85. The number of ether oxygens (including phenoxy) is 2. The highest BCUT2D eigenvalue weighted by Gasteiger charge is 2.23. The monoisotopic (exact) mass is 380 g/mol. The van der Waals surface area contributed by atoms with E-state index in [1.807, 2.05) is 48.5 Å². The molecule has 1 fully saturated rings. The zero-order valence-corrected chi connectivity index (χ0v) is 15.8. The van der Waals surface area contributed by atoms with Crippen LogP contribution >= 0.6 is 12.4 Å². The van der Waals surface area contributed by atoms with Crippen LogP contribution in [0.1, 0.15) is 17.2 Å². The average molecular weight is 381 g/mol. The highest BCUT2D eigenvalue weighted by Crippen LogP contribution is 2.33. The first-order valence-electron chi connectivity index (χ1n) is 8.67. The molecule has 1 atom stereocenters. The number of alkyl halides is 1. The molecule has 4 nitrogen and oxygen atoms in total. The van der Waals surface area contributed by atoms with Gasteiger partial charge < -0.3 is 14.8 Å². The molecular weight excluding hydrogens is 355 g/mol. The van der Waals surface area contributed by atoms with Crippen LogP contribution in [-0.4, -0.2) is 44.9 Å². The molecule has 0 saturated carbocycles. The van der Waals surface area contributed by atoms with E-state index in [4.69, 9.17) is 9.47 Å². The first-order valence-corrected chi connectivity index (χ1v) is 8.67. The van der Waals surface area contributed by atoms with Gasteiger partial charge in [0.1, 0.15) is 13.3 Å². The molecule has 0 radical (unpaired) electrons. The van der Waals surface area contributed by atoms with Gasteiger partial charge in [-0.2, -0.15) is 0 Å². The van der Waals surface area contributed by atoms with Crippen LogP contribution in [0.2, 0.25) is 0 Å². The summed E-state index contributed by atoms with van der Waals surface area (Å²) >= 11 is 0. The van der Waals surface area contributed by atoms with Crippen LogP contribution in [0, 0.1) is 0 Å². The van der Waals surface area contributed by atoms with Gasteiger partial charge in [0.2, 0.25) is 0 Å². The maximum absolute atomic E-state index is 13.7. The first kappa shape index (κ1) is 20.5. The van der Waals surface area contributed by atoms with Crippen molar-refractivity contribution in [2.24, 2.45) is 0 Å². The molecule has 0 amide bonds. The Hall–Kier alpha value is -1.82. The van der Waals surface area contributed by atoms with E-state index in [9.17, 15) is 4.39 Å². The molecule has 1 heterocycles. The van der Waals surface area contributed by atoms with E-state index in [1.165, 1.54) is 0 Å². The smallest absolute Gasteiger partial charge is 0.161 e. The van der Waals surface area contributed by atoms with Gasteiger partial charge in [-0.3, -0.25) is 4.90 Å². The summed E-state index contributed by atoms with van der Waals surface area (Å²) in [5.41, 5.74) is 2.02. The number of methoxy groups -OCH3 is 1. The maximum atomic E-state index is 13.7. The van der Waals surface area contributed by atoms with Crippen molar-refractivity contribution in [2.75, 3.05) is 40.0 Å². The van der Waals surface area contributed by atoms with E-state index in [2.05, 4.69) is 10.2 Å². The molecule has 2 aromatic carbocycles. The van der Waals surface area contributed by atoms with Gasteiger partial charge in [0.25, 0.3) is 0 Å². The fraction of sp³-hybridized carbons (Fsp3) is 0.400. The Balaban J connectivity index is 0.00000243. The lowest BCUT2D eigenvalue weighted by molar-refractivity contribution is 0.147. The number of hydrogen-bond acceptors (Lipinski definition) is 4. The minimum absolute atomic E-state index is 0. The minimum atomic E-state index is -0.409. The Bertz CT molecular complexity index is 666. The number of nitrogens with zero attached hydrogens (tertiary/aromatic N) is 1. The van der Waals surface area contributed by atoms with Crippen LogP contribution in [-0.2, 0) is 6.61 Å². The summed E-state index contributed by atoms with van der Waals surface area (Å²) in [6.45, 7) is 3.55. The second kappa shape index (κ2) is 10.4.